The Morgan fingerprint density at radius 2 is 1.96 bits per heavy atom. The zero-order chi connectivity index (χ0) is 20.1. The number of rotatable bonds is 6. The summed E-state index contributed by atoms with van der Waals surface area (Å²) >= 11 is 6.37. The number of carbonyl (C=O) groups is 1. The molecule has 1 amide bonds. The summed E-state index contributed by atoms with van der Waals surface area (Å²) in [7, 11) is 1.31. The third-order valence-electron chi connectivity index (χ3n) is 4.20. The van der Waals surface area contributed by atoms with Gasteiger partial charge in [0, 0.05) is 18.7 Å². The zero-order valence-electron chi connectivity index (χ0n) is 15.1. The quantitative estimate of drug-likeness (QED) is 0.776. The van der Waals surface area contributed by atoms with Gasteiger partial charge in [-0.3, -0.25) is 4.79 Å². The van der Waals surface area contributed by atoms with E-state index in [4.69, 9.17) is 21.1 Å². The van der Waals surface area contributed by atoms with E-state index < -0.39 is 12.5 Å². The number of para-hydroxylation sites is 1. The van der Waals surface area contributed by atoms with Crippen molar-refractivity contribution in [1.29, 1.82) is 0 Å². The summed E-state index contributed by atoms with van der Waals surface area (Å²) in [4.78, 5) is 14.8. The topological polar surface area (TPSA) is 60.0 Å². The molecule has 28 heavy (non-hydrogen) atoms. The van der Waals surface area contributed by atoms with Gasteiger partial charge in [-0.25, -0.2) is 0 Å². The summed E-state index contributed by atoms with van der Waals surface area (Å²) < 4.78 is 39.7. The van der Waals surface area contributed by atoms with E-state index in [0.717, 1.165) is 0 Å². The number of nitrogens with one attached hydrogen (secondary N) is 1. The van der Waals surface area contributed by atoms with Crippen molar-refractivity contribution in [3.8, 4) is 11.5 Å². The SMILES string of the molecule is COc1cc(C(=O)Nc2cccc(Cl)c2N2CCOCC2)ccc1OC(F)F. The standard InChI is InChI=1S/C19H19ClF2N2O4/c1-26-16-11-12(5-6-15(16)28-19(21)22)18(25)23-14-4-2-3-13(20)17(14)24-7-9-27-10-8-24/h2-6,11,19H,7-10H2,1H3,(H,23,25). The average Bonchev–Trinajstić information content (AvgIpc) is 2.68. The van der Waals surface area contributed by atoms with Gasteiger partial charge >= 0.3 is 6.61 Å². The number of carbonyl (C=O) groups excluding carboxylic acids is 1. The lowest BCUT2D eigenvalue weighted by atomic mass is 10.1. The zero-order valence-corrected chi connectivity index (χ0v) is 15.8. The number of methoxy groups -OCH3 is 1. The largest absolute Gasteiger partial charge is 0.493 e. The second kappa shape index (κ2) is 9.07. The van der Waals surface area contributed by atoms with Gasteiger partial charge in [0.15, 0.2) is 11.5 Å². The predicted molar refractivity (Wildman–Crippen MR) is 102 cm³/mol. The minimum Gasteiger partial charge on any atom is -0.493 e. The fraction of sp³-hybridized carbons (Fsp3) is 0.316. The summed E-state index contributed by atoms with van der Waals surface area (Å²) in [6.07, 6.45) is 0. The number of benzene rings is 2. The number of morpholine rings is 1. The van der Waals surface area contributed by atoms with E-state index in [2.05, 4.69) is 10.1 Å². The number of hydrogen-bond acceptors (Lipinski definition) is 5. The first-order valence-electron chi connectivity index (χ1n) is 8.55. The van der Waals surface area contributed by atoms with Crippen molar-refractivity contribution >= 4 is 28.9 Å². The van der Waals surface area contributed by atoms with E-state index in [1.54, 1.807) is 18.2 Å². The lowest BCUT2D eigenvalue weighted by Crippen LogP contribution is -2.37. The Morgan fingerprint density at radius 3 is 2.64 bits per heavy atom. The van der Waals surface area contributed by atoms with Crippen LogP contribution in [0.3, 0.4) is 0 Å². The number of hydrogen-bond donors (Lipinski definition) is 1. The molecule has 6 nitrogen and oxygen atoms in total. The van der Waals surface area contributed by atoms with Crippen molar-refractivity contribution in [2.45, 2.75) is 6.61 Å². The molecule has 3 rings (SSSR count). The van der Waals surface area contributed by atoms with Gasteiger partial charge in [-0.15, -0.1) is 0 Å². The highest BCUT2D eigenvalue weighted by molar-refractivity contribution is 6.34. The van der Waals surface area contributed by atoms with E-state index in [0.29, 0.717) is 42.7 Å². The summed E-state index contributed by atoms with van der Waals surface area (Å²) in [5.41, 5.74) is 1.49. The van der Waals surface area contributed by atoms with Gasteiger partial charge in [-0.2, -0.15) is 8.78 Å². The molecule has 0 radical (unpaired) electrons. The Balaban J connectivity index is 1.84. The minimum absolute atomic E-state index is 0.0347. The normalized spacial score (nSPS) is 14.1. The fourth-order valence-electron chi connectivity index (χ4n) is 2.92. The van der Waals surface area contributed by atoms with Crippen molar-refractivity contribution in [3.05, 3.63) is 47.0 Å². The summed E-state index contributed by atoms with van der Waals surface area (Å²) in [5, 5.41) is 3.34. The number of anilines is 2. The molecule has 9 heteroatoms. The highest BCUT2D eigenvalue weighted by atomic mass is 35.5. The molecule has 0 aliphatic carbocycles. The van der Waals surface area contributed by atoms with Crippen LogP contribution in [0.25, 0.3) is 0 Å². The Hall–Kier alpha value is -2.58. The van der Waals surface area contributed by atoms with E-state index >= 15 is 0 Å². The van der Waals surface area contributed by atoms with Gasteiger partial charge in [-0.05, 0) is 30.3 Å². The van der Waals surface area contributed by atoms with Crippen LogP contribution in [0.1, 0.15) is 10.4 Å². The maximum absolute atomic E-state index is 12.7. The molecule has 2 aromatic carbocycles. The van der Waals surface area contributed by atoms with Crippen LogP contribution in [0.15, 0.2) is 36.4 Å². The Bertz CT molecular complexity index is 845. The van der Waals surface area contributed by atoms with Gasteiger partial charge in [-0.1, -0.05) is 17.7 Å². The molecule has 1 fully saturated rings. The van der Waals surface area contributed by atoms with E-state index in [9.17, 15) is 13.6 Å². The van der Waals surface area contributed by atoms with Gasteiger partial charge < -0.3 is 24.4 Å². The van der Waals surface area contributed by atoms with Crippen molar-refractivity contribution in [1.82, 2.24) is 0 Å². The first-order chi connectivity index (χ1) is 13.5. The van der Waals surface area contributed by atoms with Crippen LogP contribution in [0.2, 0.25) is 5.02 Å². The monoisotopic (exact) mass is 412 g/mol. The van der Waals surface area contributed by atoms with Crippen LogP contribution in [-0.2, 0) is 4.74 Å². The average molecular weight is 413 g/mol. The Kier molecular flexibility index (Phi) is 6.53. The molecule has 150 valence electrons. The maximum Gasteiger partial charge on any atom is 0.387 e. The third kappa shape index (κ3) is 4.63. The number of amides is 1. The molecule has 1 aliphatic heterocycles. The van der Waals surface area contributed by atoms with Crippen LogP contribution in [0.5, 0.6) is 11.5 Å². The molecular formula is C19H19ClF2N2O4. The van der Waals surface area contributed by atoms with Crippen molar-refractivity contribution in [2.75, 3.05) is 43.6 Å². The van der Waals surface area contributed by atoms with Gasteiger partial charge in [0.1, 0.15) is 0 Å². The fourth-order valence-corrected chi connectivity index (χ4v) is 3.22. The number of alkyl halides is 2. The summed E-state index contributed by atoms with van der Waals surface area (Å²) in [6, 6.07) is 9.23. The number of nitrogens with zero attached hydrogens (tertiary/aromatic N) is 1. The second-order valence-corrected chi connectivity index (χ2v) is 6.34. The molecule has 0 unspecified atom stereocenters. The van der Waals surface area contributed by atoms with Crippen LogP contribution >= 0.6 is 11.6 Å². The summed E-state index contributed by atoms with van der Waals surface area (Å²) in [5.74, 6) is -0.545. The van der Waals surface area contributed by atoms with Crippen LogP contribution in [0, 0.1) is 0 Å². The summed E-state index contributed by atoms with van der Waals surface area (Å²) in [6.45, 7) is -0.542. The van der Waals surface area contributed by atoms with Crippen molar-refractivity contribution < 1.29 is 27.8 Å². The molecule has 2 aromatic rings. The first kappa shape index (κ1) is 20.2. The smallest absolute Gasteiger partial charge is 0.387 e. The van der Waals surface area contributed by atoms with E-state index in [1.807, 2.05) is 4.90 Å². The van der Waals surface area contributed by atoms with Crippen molar-refractivity contribution in [3.63, 3.8) is 0 Å². The van der Waals surface area contributed by atoms with E-state index in [-0.39, 0.29) is 17.1 Å². The first-order valence-corrected chi connectivity index (χ1v) is 8.93. The third-order valence-corrected chi connectivity index (χ3v) is 4.51. The molecular weight excluding hydrogens is 394 g/mol. The van der Waals surface area contributed by atoms with Gasteiger partial charge in [0.05, 0.1) is 36.7 Å². The molecule has 1 heterocycles. The molecule has 0 aromatic heterocycles. The van der Waals surface area contributed by atoms with Crippen LogP contribution in [-0.4, -0.2) is 45.9 Å². The van der Waals surface area contributed by atoms with Crippen LogP contribution in [0.4, 0.5) is 20.2 Å². The Labute approximate surface area is 165 Å². The molecule has 1 saturated heterocycles. The molecule has 1 N–H and O–H groups in total. The highest BCUT2D eigenvalue weighted by Gasteiger charge is 2.20. The number of halogens is 3. The number of ether oxygens (including phenoxy) is 3. The molecule has 1 aliphatic rings. The lowest BCUT2D eigenvalue weighted by molar-refractivity contribution is -0.0512. The molecule has 0 saturated carbocycles. The molecule has 0 spiro atoms. The predicted octanol–water partition coefficient (Wildman–Crippen LogP) is 4.04. The lowest BCUT2D eigenvalue weighted by Gasteiger charge is -2.31. The van der Waals surface area contributed by atoms with Crippen molar-refractivity contribution in [2.24, 2.45) is 0 Å². The van der Waals surface area contributed by atoms with Crippen LogP contribution < -0.4 is 19.7 Å². The van der Waals surface area contributed by atoms with E-state index in [1.165, 1.54) is 25.3 Å². The van der Waals surface area contributed by atoms with Gasteiger partial charge in [0.2, 0.25) is 0 Å². The van der Waals surface area contributed by atoms with Gasteiger partial charge in [0.25, 0.3) is 5.91 Å². The maximum atomic E-state index is 12.7. The highest BCUT2D eigenvalue weighted by Crippen LogP contribution is 2.35. The molecule has 0 atom stereocenters. The second-order valence-electron chi connectivity index (χ2n) is 5.93. The minimum atomic E-state index is -2.99. The molecule has 0 bridgehead atoms. The Morgan fingerprint density at radius 1 is 1.21 bits per heavy atom.